The van der Waals surface area contributed by atoms with Gasteiger partial charge in [-0.3, -0.25) is 0 Å². The largest absolute Gasteiger partial charge is 0.370 e. The minimum atomic E-state index is 0.585. The Balaban J connectivity index is 2.25. The van der Waals surface area contributed by atoms with E-state index in [2.05, 4.69) is 17.0 Å². The molecule has 0 heterocycles. The summed E-state index contributed by atoms with van der Waals surface area (Å²) in [5, 5.41) is 1.52. The van der Waals surface area contributed by atoms with E-state index in [1.807, 2.05) is 37.4 Å². The number of benzene rings is 2. The first kappa shape index (κ1) is 15.2. The van der Waals surface area contributed by atoms with Crippen LogP contribution in [0.3, 0.4) is 0 Å². The standard InChI is InChI=1S/C16H18Cl2N2/c1-20(11-12-4-2-5-13(17)10-12)16-7-3-6-15(18)14(16)8-9-19/h2-7,10H,8-9,11,19H2,1H3. The van der Waals surface area contributed by atoms with Crippen molar-refractivity contribution in [3.63, 3.8) is 0 Å². The van der Waals surface area contributed by atoms with E-state index in [9.17, 15) is 0 Å². The van der Waals surface area contributed by atoms with Crippen LogP contribution in [-0.2, 0) is 13.0 Å². The number of rotatable bonds is 5. The third-order valence-electron chi connectivity index (χ3n) is 3.21. The van der Waals surface area contributed by atoms with Gasteiger partial charge in [0.25, 0.3) is 0 Å². The van der Waals surface area contributed by atoms with Crippen molar-refractivity contribution in [3.8, 4) is 0 Å². The van der Waals surface area contributed by atoms with E-state index in [1.54, 1.807) is 0 Å². The zero-order valence-corrected chi connectivity index (χ0v) is 13.0. The molecule has 20 heavy (non-hydrogen) atoms. The molecule has 0 aromatic heterocycles. The van der Waals surface area contributed by atoms with Gasteiger partial charge in [0, 0.05) is 29.3 Å². The first-order valence-electron chi connectivity index (χ1n) is 6.55. The van der Waals surface area contributed by atoms with Gasteiger partial charge < -0.3 is 10.6 Å². The number of nitrogens with two attached hydrogens (primary N) is 1. The Morgan fingerprint density at radius 3 is 2.55 bits per heavy atom. The highest BCUT2D eigenvalue weighted by atomic mass is 35.5. The highest BCUT2D eigenvalue weighted by Crippen LogP contribution is 2.28. The summed E-state index contributed by atoms with van der Waals surface area (Å²) in [5.41, 5.74) is 9.05. The quantitative estimate of drug-likeness (QED) is 0.900. The van der Waals surface area contributed by atoms with Crippen molar-refractivity contribution in [2.24, 2.45) is 5.73 Å². The van der Waals surface area contributed by atoms with Gasteiger partial charge in [-0.05, 0) is 48.4 Å². The normalized spacial score (nSPS) is 10.6. The summed E-state index contributed by atoms with van der Waals surface area (Å²) in [6.45, 7) is 1.36. The molecule has 0 aliphatic carbocycles. The van der Waals surface area contributed by atoms with Gasteiger partial charge in [-0.2, -0.15) is 0 Å². The summed E-state index contributed by atoms with van der Waals surface area (Å²) in [5.74, 6) is 0. The first-order chi connectivity index (χ1) is 9.61. The first-order valence-corrected chi connectivity index (χ1v) is 7.30. The van der Waals surface area contributed by atoms with Crippen LogP contribution in [-0.4, -0.2) is 13.6 Å². The zero-order chi connectivity index (χ0) is 14.5. The minimum Gasteiger partial charge on any atom is -0.370 e. The van der Waals surface area contributed by atoms with E-state index in [0.717, 1.165) is 34.3 Å². The second-order valence-corrected chi connectivity index (χ2v) is 5.61. The van der Waals surface area contributed by atoms with Crippen LogP contribution >= 0.6 is 23.2 Å². The average molecular weight is 309 g/mol. The van der Waals surface area contributed by atoms with Crippen molar-refractivity contribution in [3.05, 3.63) is 63.6 Å². The van der Waals surface area contributed by atoms with E-state index in [0.29, 0.717) is 6.54 Å². The summed E-state index contributed by atoms with van der Waals surface area (Å²) in [4.78, 5) is 2.17. The lowest BCUT2D eigenvalue weighted by Gasteiger charge is -2.23. The van der Waals surface area contributed by atoms with Gasteiger partial charge in [0.2, 0.25) is 0 Å². The van der Waals surface area contributed by atoms with Gasteiger partial charge in [0.1, 0.15) is 0 Å². The highest BCUT2D eigenvalue weighted by Gasteiger charge is 2.10. The molecule has 0 fully saturated rings. The average Bonchev–Trinajstić information content (AvgIpc) is 2.41. The number of hydrogen-bond acceptors (Lipinski definition) is 2. The number of halogens is 2. The fourth-order valence-electron chi connectivity index (χ4n) is 2.29. The summed E-state index contributed by atoms with van der Waals surface area (Å²) < 4.78 is 0. The summed E-state index contributed by atoms with van der Waals surface area (Å²) in [7, 11) is 2.05. The molecule has 4 heteroatoms. The number of hydrogen-bond donors (Lipinski definition) is 1. The lowest BCUT2D eigenvalue weighted by molar-refractivity contribution is 0.893. The Kier molecular flexibility index (Phi) is 5.30. The van der Waals surface area contributed by atoms with E-state index in [4.69, 9.17) is 28.9 Å². The maximum absolute atomic E-state index is 6.28. The predicted molar refractivity (Wildman–Crippen MR) is 87.8 cm³/mol. The highest BCUT2D eigenvalue weighted by molar-refractivity contribution is 6.31. The molecule has 0 unspecified atom stereocenters. The van der Waals surface area contributed by atoms with Crippen molar-refractivity contribution in [1.82, 2.24) is 0 Å². The Hall–Kier alpha value is -1.22. The Morgan fingerprint density at radius 1 is 1.10 bits per heavy atom. The third-order valence-corrected chi connectivity index (χ3v) is 3.80. The molecule has 0 amide bonds. The molecule has 0 bridgehead atoms. The Labute approximate surface area is 130 Å². The van der Waals surface area contributed by atoms with Gasteiger partial charge in [-0.25, -0.2) is 0 Å². The summed E-state index contributed by atoms with van der Waals surface area (Å²) in [6.07, 6.45) is 0.773. The number of nitrogens with zero attached hydrogens (tertiary/aromatic N) is 1. The molecule has 2 aromatic rings. The van der Waals surface area contributed by atoms with Gasteiger partial charge in [-0.1, -0.05) is 41.4 Å². The smallest absolute Gasteiger partial charge is 0.0459 e. The molecule has 0 aliphatic heterocycles. The van der Waals surface area contributed by atoms with E-state index in [1.165, 1.54) is 5.56 Å². The molecular formula is C16H18Cl2N2. The molecular weight excluding hydrogens is 291 g/mol. The second-order valence-electron chi connectivity index (χ2n) is 4.76. The SMILES string of the molecule is CN(Cc1cccc(Cl)c1)c1cccc(Cl)c1CCN. The zero-order valence-electron chi connectivity index (χ0n) is 11.4. The molecule has 2 N–H and O–H groups in total. The fourth-order valence-corrected chi connectivity index (χ4v) is 2.77. The molecule has 0 atom stereocenters. The molecule has 2 rings (SSSR count). The summed E-state index contributed by atoms with van der Waals surface area (Å²) >= 11 is 12.3. The monoisotopic (exact) mass is 308 g/mol. The van der Waals surface area contributed by atoms with Crippen LogP contribution in [0.1, 0.15) is 11.1 Å². The van der Waals surface area contributed by atoms with Crippen molar-refractivity contribution in [2.45, 2.75) is 13.0 Å². The van der Waals surface area contributed by atoms with Gasteiger partial charge in [0.05, 0.1) is 0 Å². The van der Waals surface area contributed by atoms with E-state index >= 15 is 0 Å². The lowest BCUT2D eigenvalue weighted by Crippen LogP contribution is -2.19. The van der Waals surface area contributed by atoms with Crippen molar-refractivity contribution < 1.29 is 0 Å². The molecule has 0 spiro atoms. The molecule has 0 aliphatic rings. The van der Waals surface area contributed by atoms with Gasteiger partial charge in [-0.15, -0.1) is 0 Å². The molecule has 0 radical (unpaired) electrons. The maximum atomic E-state index is 6.28. The van der Waals surface area contributed by atoms with Crippen molar-refractivity contribution >= 4 is 28.9 Å². The Morgan fingerprint density at radius 2 is 1.85 bits per heavy atom. The van der Waals surface area contributed by atoms with Gasteiger partial charge in [0.15, 0.2) is 0 Å². The molecule has 0 saturated heterocycles. The molecule has 2 nitrogen and oxygen atoms in total. The summed E-state index contributed by atoms with van der Waals surface area (Å²) in [6, 6.07) is 13.8. The van der Waals surface area contributed by atoms with Crippen LogP contribution < -0.4 is 10.6 Å². The van der Waals surface area contributed by atoms with Crippen LogP contribution in [0.4, 0.5) is 5.69 Å². The van der Waals surface area contributed by atoms with Crippen LogP contribution in [0.2, 0.25) is 10.0 Å². The van der Waals surface area contributed by atoms with E-state index in [-0.39, 0.29) is 0 Å². The maximum Gasteiger partial charge on any atom is 0.0459 e. The van der Waals surface area contributed by atoms with Crippen LogP contribution in [0.15, 0.2) is 42.5 Å². The molecule has 2 aromatic carbocycles. The van der Waals surface area contributed by atoms with Crippen LogP contribution in [0.5, 0.6) is 0 Å². The van der Waals surface area contributed by atoms with Crippen LogP contribution in [0.25, 0.3) is 0 Å². The molecule has 0 saturated carbocycles. The van der Waals surface area contributed by atoms with E-state index < -0.39 is 0 Å². The Bertz CT molecular complexity index is 584. The minimum absolute atomic E-state index is 0.585. The predicted octanol–water partition coefficient (Wildman–Crippen LogP) is 4.13. The number of anilines is 1. The molecule has 106 valence electrons. The van der Waals surface area contributed by atoms with Crippen molar-refractivity contribution in [2.75, 3.05) is 18.5 Å². The third kappa shape index (κ3) is 3.66. The van der Waals surface area contributed by atoms with Crippen molar-refractivity contribution in [1.29, 1.82) is 0 Å². The fraction of sp³-hybridized carbons (Fsp3) is 0.250. The topological polar surface area (TPSA) is 29.3 Å². The van der Waals surface area contributed by atoms with Gasteiger partial charge >= 0.3 is 0 Å². The second kappa shape index (κ2) is 6.98. The lowest BCUT2D eigenvalue weighted by atomic mass is 10.1. The van der Waals surface area contributed by atoms with Crippen LogP contribution in [0, 0.1) is 0 Å².